The van der Waals surface area contributed by atoms with Crippen molar-refractivity contribution in [3.63, 3.8) is 0 Å². The maximum atomic E-state index is 11.9. The summed E-state index contributed by atoms with van der Waals surface area (Å²) in [4.78, 5) is 11.9. The highest BCUT2D eigenvalue weighted by atomic mass is 35.5. The minimum absolute atomic E-state index is 0.169. The smallest absolute Gasteiger partial charge is 0.251 e. The van der Waals surface area contributed by atoms with Gasteiger partial charge in [0.05, 0.1) is 22.8 Å². The van der Waals surface area contributed by atoms with Gasteiger partial charge in [-0.15, -0.1) is 0 Å². The zero-order chi connectivity index (χ0) is 14.4. The molecule has 1 saturated heterocycles. The second-order valence-electron chi connectivity index (χ2n) is 4.70. The molecule has 4 nitrogen and oxygen atoms in total. The Labute approximate surface area is 128 Å². The minimum atomic E-state index is -0.169. The zero-order valence-corrected chi connectivity index (χ0v) is 12.6. The Hall–Kier alpha value is -0.810. The predicted octanol–water partition coefficient (Wildman–Crippen LogP) is 2.49. The monoisotopic (exact) mass is 316 g/mol. The average molecular weight is 317 g/mol. The fourth-order valence-corrected chi connectivity index (χ4v) is 2.39. The van der Waals surface area contributed by atoms with Crippen molar-refractivity contribution in [1.29, 1.82) is 0 Å². The molecule has 1 aromatic rings. The average Bonchev–Trinajstić information content (AvgIpc) is 2.47. The van der Waals surface area contributed by atoms with Crippen LogP contribution in [0, 0.1) is 0 Å². The molecule has 0 aliphatic carbocycles. The Morgan fingerprint density at radius 3 is 2.75 bits per heavy atom. The molecular weight excluding hydrogens is 299 g/mol. The number of carbonyl (C=O) groups is 1. The van der Waals surface area contributed by atoms with E-state index < -0.39 is 0 Å². The first-order valence-corrected chi connectivity index (χ1v) is 7.48. The van der Waals surface area contributed by atoms with E-state index in [2.05, 4.69) is 10.6 Å². The summed E-state index contributed by atoms with van der Waals surface area (Å²) in [5, 5.41) is 6.91. The molecule has 6 heteroatoms. The fraction of sp³-hybridized carbons (Fsp3) is 0.500. The fourth-order valence-electron chi connectivity index (χ4n) is 2.09. The maximum absolute atomic E-state index is 11.9. The van der Waals surface area contributed by atoms with Crippen LogP contribution >= 0.6 is 23.2 Å². The van der Waals surface area contributed by atoms with Crippen LogP contribution in [-0.2, 0) is 4.74 Å². The number of rotatable bonds is 5. The number of halogens is 2. The van der Waals surface area contributed by atoms with E-state index in [0.717, 1.165) is 25.9 Å². The highest BCUT2D eigenvalue weighted by Crippen LogP contribution is 2.22. The SMILES string of the molecule is O=C(NCCOC1CCNCC1)c1ccc(Cl)c(Cl)c1. The van der Waals surface area contributed by atoms with Crippen LogP contribution in [0.3, 0.4) is 0 Å². The van der Waals surface area contributed by atoms with Gasteiger partial charge in [-0.05, 0) is 44.1 Å². The summed E-state index contributed by atoms with van der Waals surface area (Å²) in [6.07, 6.45) is 2.36. The van der Waals surface area contributed by atoms with Crippen molar-refractivity contribution in [1.82, 2.24) is 10.6 Å². The van der Waals surface area contributed by atoms with Crippen LogP contribution in [0.15, 0.2) is 18.2 Å². The summed E-state index contributed by atoms with van der Waals surface area (Å²) in [6, 6.07) is 4.83. The van der Waals surface area contributed by atoms with Crippen LogP contribution < -0.4 is 10.6 Å². The molecule has 1 aromatic carbocycles. The summed E-state index contributed by atoms with van der Waals surface area (Å²) in [5.74, 6) is -0.169. The van der Waals surface area contributed by atoms with Crippen LogP contribution in [0.5, 0.6) is 0 Å². The summed E-state index contributed by atoms with van der Waals surface area (Å²) >= 11 is 11.7. The number of piperidine rings is 1. The Morgan fingerprint density at radius 2 is 2.05 bits per heavy atom. The van der Waals surface area contributed by atoms with Gasteiger partial charge in [-0.3, -0.25) is 4.79 Å². The van der Waals surface area contributed by atoms with Gasteiger partial charge < -0.3 is 15.4 Å². The second kappa shape index (κ2) is 7.84. The number of hydrogen-bond donors (Lipinski definition) is 2. The van der Waals surface area contributed by atoms with E-state index in [9.17, 15) is 4.79 Å². The summed E-state index contributed by atoms with van der Waals surface area (Å²) in [5.41, 5.74) is 0.501. The third-order valence-electron chi connectivity index (χ3n) is 3.21. The molecule has 0 atom stereocenters. The van der Waals surface area contributed by atoms with E-state index in [1.807, 2.05) is 0 Å². The van der Waals surface area contributed by atoms with Crippen LogP contribution in [0.25, 0.3) is 0 Å². The molecular formula is C14H18Cl2N2O2. The Bertz CT molecular complexity index is 462. The number of carbonyl (C=O) groups excluding carboxylic acids is 1. The first kappa shape index (κ1) is 15.6. The van der Waals surface area contributed by atoms with E-state index in [-0.39, 0.29) is 5.91 Å². The van der Waals surface area contributed by atoms with Crippen LogP contribution in [0.2, 0.25) is 10.0 Å². The summed E-state index contributed by atoms with van der Waals surface area (Å²) in [6.45, 7) is 3.02. The van der Waals surface area contributed by atoms with Crippen molar-refractivity contribution >= 4 is 29.1 Å². The van der Waals surface area contributed by atoms with Crippen LogP contribution in [0.1, 0.15) is 23.2 Å². The molecule has 0 aromatic heterocycles. The van der Waals surface area contributed by atoms with Gasteiger partial charge in [-0.2, -0.15) is 0 Å². The molecule has 0 spiro atoms. The van der Waals surface area contributed by atoms with Crippen LogP contribution in [0.4, 0.5) is 0 Å². The maximum Gasteiger partial charge on any atom is 0.251 e. The lowest BCUT2D eigenvalue weighted by Crippen LogP contribution is -2.34. The number of ether oxygens (including phenoxy) is 1. The Morgan fingerprint density at radius 1 is 1.30 bits per heavy atom. The Kier molecular flexibility index (Phi) is 6.10. The number of amides is 1. The van der Waals surface area contributed by atoms with E-state index >= 15 is 0 Å². The summed E-state index contributed by atoms with van der Waals surface area (Å²) in [7, 11) is 0. The van der Waals surface area contributed by atoms with Crippen molar-refractivity contribution in [3.8, 4) is 0 Å². The van der Waals surface area contributed by atoms with E-state index in [1.165, 1.54) is 0 Å². The van der Waals surface area contributed by atoms with E-state index in [4.69, 9.17) is 27.9 Å². The number of nitrogens with one attached hydrogen (secondary N) is 2. The van der Waals surface area contributed by atoms with Gasteiger partial charge in [-0.1, -0.05) is 23.2 Å². The molecule has 0 bridgehead atoms. The van der Waals surface area contributed by atoms with Crippen molar-refractivity contribution in [2.75, 3.05) is 26.2 Å². The highest BCUT2D eigenvalue weighted by Gasteiger charge is 2.13. The quantitative estimate of drug-likeness (QED) is 0.821. The lowest BCUT2D eigenvalue weighted by Gasteiger charge is -2.22. The molecule has 1 fully saturated rings. The molecule has 2 rings (SSSR count). The van der Waals surface area contributed by atoms with Gasteiger partial charge in [-0.25, -0.2) is 0 Å². The number of hydrogen-bond acceptors (Lipinski definition) is 3. The molecule has 2 N–H and O–H groups in total. The highest BCUT2D eigenvalue weighted by molar-refractivity contribution is 6.42. The van der Waals surface area contributed by atoms with E-state index in [1.54, 1.807) is 18.2 Å². The molecule has 1 amide bonds. The second-order valence-corrected chi connectivity index (χ2v) is 5.52. The van der Waals surface area contributed by atoms with Crippen molar-refractivity contribution < 1.29 is 9.53 Å². The Balaban J connectivity index is 1.70. The first-order chi connectivity index (χ1) is 9.66. The van der Waals surface area contributed by atoms with Gasteiger partial charge in [0.1, 0.15) is 0 Å². The molecule has 20 heavy (non-hydrogen) atoms. The largest absolute Gasteiger partial charge is 0.376 e. The van der Waals surface area contributed by atoms with Gasteiger partial charge in [0, 0.05) is 12.1 Å². The van der Waals surface area contributed by atoms with Crippen LogP contribution in [-0.4, -0.2) is 38.3 Å². The molecule has 0 unspecified atom stereocenters. The van der Waals surface area contributed by atoms with Gasteiger partial charge >= 0.3 is 0 Å². The molecule has 110 valence electrons. The predicted molar refractivity (Wildman–Crippen MR) is 80.6 cm³/mol. The third kappa shape index (κ3) is 4.63. The van der Waals surface area contributed by atoms with Crippen molar-refractivity contribution in [3.05, 3.63) is 33.8 Å². The van der Waals surface area contributed by atoms with Gasteiger partial charge in [0.2, 0.25) is 0 Å². The third-order valence-corrected chi connectivity index (χ3v) is 3.95. The number of benzene rings is 1. The topological polar surface area (TPSA) is 50.4 Å². The summed E-state index contributed by atoms with van der Waals surface area (Å²) < 4.78 is 5.71. The van der Waals surface area contributed by atoms with Crippen molar-refractivity contribution in [2.45, 2.75) is 18.9 Å². The van der Waals surface area contributed by atoms with Gasteiger partial charge in [0.15, 0.2) is 0 Å². The van der Waals surface area contributed by atoms with E-state index in [0.29, 0.717) is 34.9 Å². The lowest BCUT2D eigenvalue weighted by molar-refractivity contribution is 0.0343. The molecule has 1 aliphatic rings. The molecule has 1 heterocycles. The zero-order valence-electron chi connectivity index (χ0n) is 11.1. The molecule has 1 aliphatic heterocycles. The standard InChI is InChI=1S/C14H18Cl2N2O2/c15-12-2-1-10(9-13(12)16)14(19)18-7-8-20-11-3-5-17-6-4-11/h1-2,9,11,17H,3-8H2,(H,18,19). The normalized spacial score (nSPS) is 16.1. The first-order valence-electron chi connectivity index (χ1n) is 6.72. The molecule has 0 saturated carbocycles. The minimum Gasteiger partial charge on any atom is -0.376 e. The molecule has 0 radical (unpaired) electrons. The van der Waals surface area contributed by atoms with Gasteiger partial charge in [0.25, 0.3) is 5.91 Å². The lowest BCUT2D eigenvalue weighted by atomic mass is 10.1. The van der Waals surface area contributed by atoms with Crippen molar-refractivity contribution in [2.24, 2.45) is 0 Å².